The SMILES string of the molecule is CCc1cccc(OCCNS(=O)(=O)c2ccc(Cl)c(C)c2)c1. The van der Waals surface area contributed by atoms with E-state index in [1.165, 1.54) is 11.6 Å². The quantitative estimate of drug-likeness (QED) is 0.774. The molecule has 0 spiro atoms. The third kappa shape index (κ3) is 4.96. The molecule has 0 radical (unpaired) electrons. The van der Waals surface area contributed by atoms with Crippen LogP contribution in [0.2, 0.25) is 5.02 Å². The van der Waals surface area contributed by atoms with Crippen molar-refractivity contribution in [2.75, 3.05) is 13.2 Å². The van der Waals surface area contributed by atoms with Gasteiger partial charge in [0.2, 0.25) is 10.0 Å². The number of rotatable bonds is 7. The van der Waals surface area contributed by atoms with Crippen molar-refractivity contribution in [2.24, 2.45) is 0 Å². The summed E-state index contributed by atoms with van der Waals surface area (Å²) in [6.07, 6.45) is 0.930. The molecular formula is C17H20ClNO3S. The lowest BCUT2D eigenvalue weighted by Gasteiger charge is -2.10. The highest BCUT2D eigenvalue weighted by atomic mass is 35.5. The largest absolute Gasteiger partial charge is 0.492 e. The number of hydrogen-bond acceptors (Lipinski definition) is 3. The first kappa shape index (κ1) is 17.8. The molecule has 23 heavy (non-hydrogen) atoms. The van der Waals surface area contributed by atoms with Crippen LogP contribution in [0.1, 0.15) is 18.1 Å². The molecule has 0 aromatic heterocycles. The number of ether oxygens (including phenoxy) is 1. The topological polar surface area (TPSA) is 55.4 Å². The van der Waals surface area contributed by atoms with E-state index in [1.54, 1.807) is 19.1 Å². The summed E-state index contributed by atoms with van der Waals surface area (Å²) in [5.41, 5.74) is 1.90. The standard InChI is InChI=1S/C17H20ClNO3S/c1-3-14-5-4-6-15(12-14)22-10-9-19-23(20,21)16-7-8-17(18)13(2)11-16/h4-8,11-12,19H,3,9-10H2,1-2H3. The molecule has 0 fully saturated rings. The van der Waals surface area contributed by atoms with Crippen molar-refractivity contribution < 1.29 is 13.2 Å². The molecule has 0 aliphatic heterocycles. The van der Waals surface area contributed by atoms with Crippen LogP contribution in [0.3, 0.4) is 0 Å². The highest BCUT2D eigenvalue weighted by Crippen LogP contribution is 2.19. The molecule has 0 amide bonds. The molecule has 0 aliphatic rings. The van der Waals surface area contributed by atoms with Crippen molar-refractivity contribution in [3.8, 4) is 5.75 Å². The van der Waals surface area contributed by atoms with Gasteiger partial charge in [0.1, 0.15) is 12.4 Å². The molecule has 4 nitrogen and oxygen atoms in total. The second-order valence-corrected chi connectivity index (χ2v) is 7.33. The van der Waals surface area contributed by atoms with E-state index in [1.807, 2.05) is 24.3 Å². The van der Waals surface area contributed by atoms with Gasteiger partial charge in [0.25, 0.3) is 0 Å². The molecule has 2 aromatic rings. The average molecular weight is 354 g/mol. The van der Waals surface area contributed by atoms with Gasteiger partial charge >= 0.3 is 0 Å². The molecule has 6 heteroatoms. The van der Waals surface area contributed by atoms with Crippen LogP contribution in [-0.4, -0.2) is 21.6 Å². The molecule has 0 aliphatic carbocycles. The van der Waals surface area contributed by atoms with Crippen LogP contribution in [0.15, 0.2) is 47.4 Å². The Hall–Kier alpha value is -1.56. The maximum atomic E-state index is 12.2. The first-order chi connectivity index (χ1) is 10.9. The van der Waals surface area contributed by atoms with Gasteiger partial charge in [-0.15, -0.1) is 0 Å². The Morgan fingerprint density at radius 2 is 1.96 bits per heavy atom. The fourth-order valence-corrected chi connectivity index (χ4v) is 3.28. The Bertz CT molecular complexity index is 775. The van der Waals surface area contributed by atoms with E-state index in [-0.39, 0.29) is 18.0 Å². The Kier molecular flexibility index (Phi) is 6.04. The third-order valence-electron chi connectivity index (χ3n) is 3.41. The van der Waals surface area contributed by atoms with Crippen molar-refractivity contribution in [2.45, 2.75) is 25.2 Å². The van der Waals surface area contributed by atoms with Crippen LogP contribution >= 0.6 is 11.6 Å². The molecule has 0 saturated heterocycles. The van der Waals surface area contributed by atoms with Crippen LogP contribution in [0.25, 0.3) is 0 Å². The predicted molar refractivity (Wildman–Crippen MR) is 92.7 cm³/mol. The van der Waals surface area contributed by atoms with Gasteiger partial charge in [-0.2, -0.15) is 0 Å². The van der Waals surface area contributed by atoms with Gasteiger partial charge in [0.15, 0.2) is 0 Å². The fourth-order valence-electron chi connectivity index (χ4n) is 2.07. The molecule has 0 atom stereocenters. The molecule has 0 unspecified atom stereocenters. The fraction of sp³-hybridized carbons (Fsp3) is 0.294. The van der Waals surface area contributed by atoms with Crippen LogP contribution in [0.4, 0.5) is 0 Å². The molecule has 124 valence electrons. The maximum Gasteiger partial charge on any atom is 0.240 e. The zero-order valence-electron chi connectivity index (χ0n) is 13.2. The monoisotopic (exact) mass is 353 g/mol. The third-order valence-corrected chi connectivity index (χ3v) is 5.29. The van der Waals surface area contributed by atoms with Gasteiger partial charge in [0, 0.05) is 11.6 Å². The number of halogens is 1. The number of hydrogen-bond donors (Lipinski definition) is 1. The Balaban J connectivity index is 1.90. The number of sulfonamides is 1. The molecule has 0 heterocycles. The van der Waals surface area contributed by atoms with Crippen LogP contribution in [0.5, 0.6) is 5.75 Å². The smallest absolute Gasteiger partial charge is 0.240 e. The normalized spacial score (nSPS) is 11.4. The highest BCUT2D eigenvalue weighted by molar-refractivity contribution is 7.89. The summed E-state index contributed by atoms with van der Waals surface area (Å²) < 4.78 is 32.5. The van der Waals surface area contributed by atoms with Gasteiger partial charge < -0.3 is 4.74 Å². The summed E-state index contributed by atoms with van der Waals surface area (Å²) >= 11 is 5.91. The van der Waals surface area contributed by atoms with Crippen molar-refractivity contribution >= 4 is 21.6 Å². The van der Waals surface area contributed by atoms with E-state index in [2.05, 4.69) is 11.6 Å². The van der Waals surface area contributed by atoms with Gasteiger partial charge in [-0.05, 0) is 54.8 Å². The van der Waals surface area contributed by atoms with Crippen molar-refractivity contribution in [3.63, 3.8) is 0 Å². The number of benzene rings is 2. The summed E-state index contributed by atoms with van der Waals surface area (Å²) in [6, 6.07) is 12.4. The maximum absolute atomic E-state index is 12.2. The Morgan fingerprint density at radius 1 is 1.17 bits per heavy atom. The van der Waals surface area contributed by atoms with Crippen LogP contribution in [-0.2, 0) is 16.4 Å². The minimum Gasteiger partial charge on any atom is -0.492 e. The molecular weight excluding hydrogens is 334 g/mol. The zero-order valence-corrected chi connectivity index (χ0v) is 14.7. The van der Waals surface area contributed by atoms with E-state index in [4.69, 9.17) is 16.3 Å². The van der Waals surface area contributed by atoms with E-state index < -0.39 is 10.0 Å². The molecule has 0 bridgehead atoms. The number of nitrogens with one attached hydrogen (secondary N) is 1. The van der Waals surface area contributed by atoms with Gasteiger partial charge in [-0.1, -0.05) is 30.7 Å². The summed E-state index contributed by atoms with van der Waals surface area (Å²) in [7, 11) is -3.56. The van der Waals surface area contributed by atoms with E-state index >= 15 is 0 Å². The average Bonchev–Trinajstić information content (AvgIpc) is 2.54. The van der Waals surface area contributed by atoms with Crippen molar-refractivity contribution in [1.82, 2.24) is 4.72 Å². The van der Waals surface area contributed by atoms with Gasteiger partial charge in [0.05, 0.1) is 4.90 Å². The van der Waals surface area contributed by atoms with Gasteiger partial charge in [-0.3, -0.25) is 0 Å². The summed E-state index contributed by atoms with van der Waals surface area (Å²) in [5, 5.41) is 0.545. The summed E-state index contributed by atoms with van der Waals surface area (Å²) in [5.74, 6) is 0.742. The minimum atomic E-state index is -3.56. The van der Waals surface area contributed by atoms with Crippen LogP contribution in [0, 0.1) is 6.92 Å². The molecule has 0 saturated carbocycles. The Labute approximate surface area is 142 Å². The summed E-state index contributed by atoms with van der Waals surface area (Å²) in [4.78, 5) is 0.201. The Morgan fingerprint density at radius 3 is 2.65 bits per heavy atom. The second-order valence-electron chi connectivity index (χ2n) is 5.16. The van der Waals surface area contributed by atoms with E-state index in [9.17, 15) is 8.42 Å². The molecule has 2 rings (SSSR count). The zero-order chi connectivity index (χ0) is 16.9. The van der Waals surface area contributed by atoms with Gasteiger partial charge in [-0.25, -0.2) is 13.1 Å². The minimum absolute atomic E-state index is 0.195. The highest BCUT2D eigenvalue weighted by Gasteiger charge is 2.14. The molecule has 1 N–H and O–H groups in total. The van der Waals surface area contributed by atoms with Crippen LogP contribution < -0.4 is 9.46 Å². The lowest BCUT2D eigenvalue weighted by atomic mass is 10.2. The van der Waals surface area contributed by atoms with E-state index in [0.29, 0.717) is 5.02 Å². The first-order valence-electron chi connectivity index (χ1n) is 7.40. The summed E-state index contributed by atoms with van der Waals surface area (Å²) in [6.45, 7) is 4.30. The number of aryl methyl sites for hydroxylation is 2. The van der Waals surface area contributed by atoms with Crippen molar-refractivity contribution in [1.29, 1.82) is 0 Å². The lowest BCUT2D eigenvalue weighted by molar-refractivity contribution is 0.322. The second kappa shape index (κ2) is 7.81. The van der Waals surface area contributed by atoms with Crippen molar-refractivity contribution in [3.05, 3.63) is 58.6 Å². The van der Waals surface area contributed by atoms with E-state index in [0.717, 1.165) is 17.7 Å². The predicted octanol–water partition coefficient (Wildman–Crippen LogP) is 3.57. The lowest BCUT2D eigenvalue weighted by Crippen LogP contribution is -2.28. The first-order valence-corrected chi connectivity index (χ1v) is 9.26. The molecule has 2 aromatic carbocycles.